The molecule has 9 heteroatoms. The zero-order valence-corrected chi connectivity index (χ0v) is 17.8. The Morgan fingerprint density at radius 1 is 1.19 bits per heavy atom. The average Bonchev–Trinajstić information content (AvgIpc) is 3.07. The van der Waals surface area contributed by atoms with Crippen LogP contribution in [-0.4, -0.2) is 61.8 Å². The molecule has 0 bridgehead atoms. The van der Waals surface area contributed by atoms with Crippen LogP contribution in [-0.2, 0) is 21.2 Å². The molecule has 1 aromatic heterocycles. The molecule has 2 atom stereocenters. The molecule has 1 amide bonds. The first kappa shape index (κ1) is 21.6. The van der Waals surface area contributed by atoms with E-state index in [0.717, 1.165) is 30.7 Å². The second kappa shape index (κ2) is 9.01. The monoisotopic (exact) mass is 421 g/mol. The lowest BCUT2D eigenvalue weighted by Crippen LogP contribution is -2.57. The molecule has 0 aromatic carbocycles. The van der Waals surface area contributed by atoms with E-state index in [1.54, 1.807) is 16.4 Å². The minimum absolute atomic E-state index is 0. The molecule has 148 valence electrons. The maximum atomic E-state index is 12.7. The van der Waals surface area contributed by atoms with Crippen LogP contribution in [0.4, 0.5) is 0 Å². The van der Waals surface area contributed by atoms with Crippen molar-refractivity contribution >= 4 is 39.7 Å². The molecule has 2 fully saturated rings. The molecule has 0 saturated carbocycles. The number of sulfonamides is 1. The molecule has 0 radical (unpaired) electrons. The highest BCUT2D eigenvalue weighted by Gasteiger charge is 2.30. The molecule has 0 spiro atoms. The Morgan fingerprint density at radius 2 is 1.88 bits per heavy atom. The second-order valence-electron chi connectivity index (χ2n) is 6.93. The summed E-state index contributed by atoms with van der Waals surface area (Å²) in [5.41, 5.74) is 0. The van der Waals surface area contributed by atoms with Crippen molar-refractivity contribution in [2.75, 3.05) is 26.2 Å². The van der Waals surface area contributed by atoms with E-state index in [-0.39, 0.29) is 36.8 Å². The SMILES string of the molecule is CC1NCCN(C(=O)Cc2ccc(S(=O)(=O)N3CCCCC3)s2)C1C.Cl. The molecule has 1 aromatic rings. The summed E-state index contributed by atoms with van der Waals surface area (Å²) in [5, 5.41) is 3.36. The summed E-state index contributed by atoms with van der Waals surface area (Å²) < 4.78 is 27.4. The summed E-state index contributed by atoms with van der Waals surface area (Å²) in [6.45, 7) is 6.84. The van der Waals surface area contributed by atoms with Gasteiger partial charge in [-0.2, -0.15) is 4.31 Å². The van der Waals surface area contributed by atoms with Gasteiger partial charge in [0.2, 0.25) is 5.91 Å². The summed E-state index contributed by atoms with van der Waals surface area (Å²) in [6.07, 6.45) is 3.22. The third-order valence-corrected chi connectivity index (χ3v) is 8.68. The molecule has 2 saturated heterocycles. The minimum atomic E-state index is -3.40. The van der Waals surface area contributed by atoms with Gasteiger partial charge in [-0.3, -0.25) is 4.79 Å². The molecule has 2 aliphatic rings. The molecule has 6 nitrogen and oxygen atoms in total. The summed E-state index contributed by atoms with van der Waals surface area (Å²) in [6, 6.07) is 3.87. The van der Waals surface area contributed by atoms with E-state index in [2.05, 4.69) is 19.2 Å². The van der Waals surface area contributed by atoms with Crippen LogP contribution >= 0.6 is 23.7 Å². The molecule has 3 rings (SSSR count). The van der Waals surface area contributed by atoms with Crippen LogP contribution in [0.25, 0.3) is 0 Å². The maximum absolute atomic E-state index is 12.7. The molecule has 3 heterocycles. The number of nitrogens with zero attached hydrogens (tertiary/aromatic N) is 2. The van der Waals surface area contributed by atoms with Gasteiger partial charge in [0.15, 0.2) is 0 Å². The van der Waals surface area contributed by atoms with E-state index in [0.29, 0.717) is 23.8 Å². The number of rotatable bonds is 4. The number of nitrogens with one attached hydrogen (secondary N) is 1. The van der Waals surface area contributed by atoms with Gasteiger partial charge in [-0.05, 0) is 38.8 Å². The summed E-state index contributed by atoms with van der Waals surface area (Å²) >= 11 is 1.24. The number of carbonyl (C=O) groups is 1. The molecule has 1 N–H and O–H groups in total. The Bertz CT molecular complexity index is 717. The Kier molecular flexibility index (Phi) is 7.50. The maximum Gasteiger partial charge on any atom is 0.252 e. The summed E-state index contributed by atoms with van der Waals surface area (Å²) in [4.78, 5) is 15.4. The van der Waals surface area contributed by atoms with Gasteiger partial charge in [-0.25, -0.2) is 8.42 Å². The first-order valence-electron chi connectivity index (χ1n) is 9.01. The van der Waals surface area contributed by atoms with Crippen LogP contribution in [0.1, 0.15) is 38.0 Å². The lowest BCUT2D eigenvalue weighted by Gasteiger charge is -2.38. The molecule has 0 aliphatic carbocycles. The third-order valence-electron chi connectivity index (χ3n) is 5.23. The van der Waals surface area contributed by atoms with Gasteiger partial charge in [0.05, 0.1) is 6.42 Å². The van der Waals surface area contributed by atoms with Gasteiger partial charge in [0.1, 0.15) is 4.21 Å². The van der Waals surface area contributed by atoms with Crippen LogP contribution < -0.4 is 5.32 Å². The summed E-state index contributed by atoms with van der Waals surface area (Å²) in [5.74, 6) is 0.0737. The molecular weight excluding hydrogens is 394 g/mol. The van der Waals surface area contributed by atoms with Crippen molar-refractivity contribution in [1.29, 1.82) is 0 Å². The largest absolute Gasteiger partial charge is 0.337 e. The van der Waals surface area contributed by atoms with Gasteiger partial charge in [-0.15, -0.1) is 23.7 Å². The van der Waals surface area contributed by atoms with Crippen molar-refractivity contribution in [2.45, 2.75) is 55.8 Å². The Morgan fingerprint density at radius 3 is 2.58 bits per heavy atom. The van der Waals surface area contributed by atoms with Crippen LogP contribution in [0.15, 0.2) is 16.3 Å². The van der Waals surface area contributed by atoms with Crippen LogP contribution in [0.5, 0.6) is 0 Å². The molecule has 2 aliphatic heterocycles. The number of carbonyl (C=O) groups excluding carboxylic acids is 1. The number of thiophene rings is 1. The van der Waals surface area contributed by atoms with Crippen molar-refractivity contribution in [3.63, 3.8) is 0 Å². The zero-order chi connectivity index (χ0) is 18.0. The van der Waals surface area contributed by atoms with Crippen molar-refractivity contribution in [2.24, 2.45) is 0 Å². The second-order valence-corrected chi connectivity index (χ2v) is 10.3. The predicted molar refractivity (Wildman–Crippen MR) is 107 cm³/mol. The normalized spacial score (nSPS) is 24.9. The number of amides is 1. The minimum Gasteiger partial charge on any atom is -0.337 e. The quantitative estimate of drug-likeness (QED) is 0.808. The van der Waals surface area contributed by atoms with Crippen molar-refractivity contribution in [3.05, 3.63) is 17.0 Å². The fourth-order valence-electron chi connectivity index (χ4n) is 3.48. The fraction of sp³-hybridized carbons (Fsp3) is 0.706. The highest BCUT2D eigenvalue weighted by molar-refractivity contribution is 7.91. The average molecular weight is 422 g/mol. The number of piperidine rings is 1. The fourth-order valence-corrected chi connectivity index (χ4v) is 6.50. The first-order valence-corrected chi connectivity index (χ1v) is 11.3. The van der Waals surface area contributed by atoms with Crippen molar-refractivity contribution < 1.29 is 13.2 Å². The van der Waals surface area contributed by atoms with Crippen molar-refractivity contribution in [1.82, 2.24) is 14.5 Å². The van der Waals surface area contributed by atoms with E-state index in [4.69, 9.17) is 0 Å². The van der Waals surface area contributed by atoms with Gasteiger partial charge in [0.25, 0.3) is 10.0 Å². The predicted octanol–water partition coefficient (Wildman–Crippen LogP) is 2.10. The number of halogens is 1. The van der Waals surface area contributed by atoms with Crippen LogP contribution in [0.3, 0.4) is 0 Å². The van der Waals surface area contributed by atoms with Gasteiger partial charge in [0, 0.05) is 43.1 Å². The summed E-state index contributed by atoms with van der Waals surface area (Å²) in [7, 11) is -3.40. The number of hydrogen-bond donors (Lipinski definition) is 1. The lowest BCUT2D eigenvalue weighted by molar-refractivity contribution is -0.134. The van der Waals surface area contributed by atoms with Gasteiger partial charge < -0.3 is 10.2 Å². The Labute approximate surface area is 166 Å². The molecule has 26 heavy (non-hydrogen) atoms. The van der Waals surface area contributed by atoms with E-state index in [1.165, 1.54) is 11.3 Å². The smallest absolute Gasteiger partial charge is 0.252 e. The van der Waals surface area contributed by atoms with E-state index in [1.807, 2.05) is 4.90 Å². The van der Waals surface area contributed by atoms with Gasteiger partial charge in [-0.1, -0.05) is 6.42 Å². The van der Waals surface area contributed by atoms with Crippen molar-refractivity contribution in [3.8, 4) is 0 Å². The standard InChI is InChI=1S/C17H27N3O3S2.ClH/c1-13-14(2)20(11-8-18-13)16(21)12-15-6-7-17(24-15)25(22,23)19-9-4-3-5-10-19;/h6-7,13-14,18H,3-5,8-12H2,1-2H3;1H. The highest BCUT2D eigenvalue weighted by Crippen LogP contribution is 2.27. The van der Waals surface area contributed by atoms with Crippen LogP contribution in [0.2, 0.25) is 0 Å². The lowest BCUT2D eigenvalue weighted by atomic mass is 10.1. The Balaban J connectivity index is 0.00000243. The van der Waals surface area contributed by atoms with E-state index >= 15 is 0 Å². The number of hydrogen-bond acceptors (Lipinski definition) is 5. The Hall–Kier alpha value is -0.670. The van der Waals surface area contributed by atoms with Gasteiger partial charge >= 0.3 is 0 Å². The molecule has 2 unspecified atom stereocenters. The molecular formula is C17H28ClN3O3S2. The van der Waals surface area contributed by atoms with Crippen LogP contribution in [0, 0.1) is 0 Å². The first-order chi connectivity index (χ1) is 11.9. The zero-order valence-electron chi connectivity index (χ0n) is 15.3. The highest BCUT2D eigenvalue weighted by atomic mass is 35.5. The topological polar surface area (TPSA) is 69.7 Å². The number of piperazine rings is 1. The van der Waals surface area contributed by atoms with E-state index in [9.17, 15) is 13.2 Å². The van der Waals surface area contributed by atoms with E-state index < -0.39 is 10.0 Å². The third kappa shape index (κ3) is 4.59.